The van der Waals surface area contributed by atoms with E-state index in [0.717, 1.165) is 6.08 Å². The molecule has 36 valence electrons. The van der Waals surface area contributed by atoms with Gasteiger partial charge >= 0.3 is 0 Å². The molecule has 1 aliphatic rings. The number of hydrogen-bond donors (Lipinski definition) is 1. The van der Waals surface area contributed by atoms with Gasteiger partial charge < -0.3 is 0 Å². The van der Waals surface area contributed by atoms with Crippen LogP contribution in [0, 0.1) is 0 Å². The molecule has 0 radical (unpaired) electrons. The third kappa shape index (κ3) is 0.652. The highest BCUT2D eigenvalue weighted by molar-refractivity contribution is 6.12. The van der Waals surface area contributed by atoms with Crippen LogP contribution in [0.1, 0.15) is 1.37 Å². The van der Waals surface area contributed by atoms with Crippen LogP contribution in [0.5, 0.6) is 0 Å². The Morgan fingerprint density at radius 2 is 2.29 bits per heavy atom. The summed E-state index contributed by atoms with van der Waals surface area (Å²) in [5.74, 6) is -1.12. The maximum atomic E-state index is 10.2. The average Bonchev–Trinajstić information content (AvgIpc) is 1.85. The van der Waals surface area contributed by atoms with Crippen LogP contribution in [-0.2, 0) is 9.59 Å². The van der Waals surface area contributed by atoms with Gasteiger partial charge in [0.05, 0.1) is 1.37 Å². The molecule has 2 amide bonds. The van der Waals surface area contributed by atoms with Gasteiger partial charge in [0.1, 0.15) is 0 Å². The largest absolute Gasteiger partial charge is 0.289 e. The second-order valence-corrected chi connectivity index (χ2v) is 1.11. The monoisotopic (exact) mass is 98.0 g/mol. The van der Waals surface area contributed by atoms with E-state index in [2.05, 4.69) is 0 Å². The van der Waals surface area contributed by atoms with E-state index in [0.29, 0.717) is 0 Å². The molecule has 0 aromatic carbocycles. The van der Waals surface area contributed by atoms with Crippen molar-refractivity contribution in [2.24, 2.45) is 0 Å². The van der Waals surface area contributed by atoms with Crippen molar-refractivity contribution in [2.75, 3.05) is 0 Å². The van der Waals surface area contributed by atoms with Crippen LogP contribution in [-0.4, -0.2) is 11.8 Å². The van der Waals surface area contributed by atoms with Gasteiger partial charge in [0.25, 0.3) is 11.8 Å². The summed E-state index contributed by atoms with van der Waals surface area (Å²) in [6, 6.07) is -0.269. The van der Waals surface area contributed by atoms with Crippen LogP contribution in [0.2, 0.25) is 0 Å². The van der Waals surface area contributed by atoms with E-state index in [9.17, 15) is 9.59 Å². The Bertz CT molecular complexity index is 184. The molecule has 0 bridgehead atoms. The summed E-state index contributed by atoms with van der Waals surface area (Å²) in [7, 11) is 0. The Hall–Kier alpha value is -1.12. The van der Waals surface area contributed by atoms with Crippen molar-refractivity contribution in [3.63, 3.8) is 0 Å². The first kappa shape index (κ1) is 2.96. The maximum absolute atomic E-state index is 10.2. The number of nitrogens with one attached hydrogen (secondary N) is 1. The van der Waals surface area contributed by atoms with Gasteiger partial charge in [0.2, 0.25) is 0 Å². The molecular formula is C4H3NO2. The zero-order chi connectivity index (χ0) is 6.15. The van der Waals surface area contributed by atoms with Crippen molar-refractivity contribution in [2.45, 2.75) is 0 Å². The van der Waals surface area contributed by atoms with Crippen molar-refractivity contribution >= 4 is 11.8 Å². The Morgan fingerprint density at radius 3 is 2.43 bits per heavy atom. The lowest BCUT2D eigenvalue weighted by molar-refractivity contribution is -0.123. The molecule has 3 heteroatoms. The average molecular weight is 98.1 g/mol. The lowest BCUT2D eigenvalue weighted by Crippen LogP contribution is -2.19. The molecule has 1 aliphatic heterocycles. The predicted molar refractivity (Wildman–Crippen MR) is 22.3 cm³/mol. The van der Waals surface area contributed by atoms with Crippen LogP contribution in [0.3, 0.4) is 0 Å². The number of imide groups is 1. The normalized spacial score (nSPS) is 21.1. The Labute approximate surface area is 41.4 Å². The summed E-state index contributed by atoms with van der Waals surface area (Å²) in [6.07, 6.45) is 0.947. The molecule has 0 atom stereocenters. The Kier molecular flexibility index (Phi) is 0.500. The van der Waals surface area contributed by atoms with Gasteiger partial charge in [-0.2, -0.15) is 0 Å². The molecule has 0 unspecified atom stereocenters. The second kappa shape index (κ2) is 1.18. The summed E-state index contributed by atoms with van der Waals surface area (Å²) < 4.78 is 6.70. The lowest BCUT2D eigenvalue weighted by Gasteiger charge is -1.80. The molecule has 0 saturated heterocycles. The van der Waals surface area contributed by atoms with Crippen molar-refractivity contribution in [1.29, 1.82) is 0 Å². The van der Waals surface area contributed by atoms with Crippen LogP contribution < -0.4 is 5.32 Å². The highest BCUT2D eigenvalue weighted by Gasteiger charge is 2.06. The minimum Gasteiger partial charge on any atom is -0.289 e. The van der Waals surface area contributed by atoms with E-state index in [1.165, 1.54) is 0 Å². The lowest BCUT2D eigenvalue weighted by atomic mass is 10.6. The third-order valence-corrected chi connectivity index (χ3v) is 0.571. The topological polar surface area (TPSA) is 46.2 Å². The number of carbonyl (C=O) groups is 2. The number of amides is 2. The van der Waals surface area contributed by atoms with E-state index < -0.39 is 11.8 Å². The van der Waals surface area contributed by atoms with E-state index in [1.54, 1.807) is 0 Å². The highest BCUT2D eigenvalue weighted by atomic mass is 16.2. The minimum atomic E-state index is -0.616. The standard InChI is InChI=1S/C4H3NO2/c6-3-1-2-4(7)5-3/h1-2H,(H,5,6,7)/i1D. The Morgan fingerprint density at radius 1 is 1.57 bits per heavy atom. The molecular weight excluding hydrogens is 94.0 g/mol. The molecule has 1 rings (SSSR count). The first-order valence-corrected chi connectivity index (χ1v) is 1.74. The summed E-state index contributed by atoms with van der Waals surface area (Å²) in [5.41, 5.74) is 0. The maximum Gasteiger partial charge on any atom is 0.250 e. The Balaban J connectivity index is 2.88. The summed E-state index contributed by atoms with van der Waals surface area (Å²) in [5, 5.41) is 1.91. The number of hydrogen-bond acceptors (Lipinski definition) is 2. The van der Waals surface area contributed by atoms with Gasteiger partial charge in [0, 0.05) is 12.1 Å². The summed E-state index contributed by atoms with van der Waals surface area (Å²) in [4.78, 5) is 20.3. The van der Waals surface area contributed by atoms with Crippen LogP contribution in [0.15, 0.2) is 12.1 Å². The number of carbonyl (C=O) groups excluding carboxylic acids is 2. The molecule has 0 fully saturated rings. The molecule has 1 heterocycles. The van der Waals surface area contributed by atoms with Crippen LogP contribution >= 0.6 is 0 Å². The minimum absolute atomic E-state index is 0.269. The first-order chi connectivity index (χ1) is 3.70. The van der Waals surface area contributed by atoms with Crippen molar-refractivity contribution in [3.8, 4) is 0 Å². The molecule has 0 saturated carbocycles. The molecule has 7 heavy (non-hydrogen) atoms. The smallest absolute Gasteiger partial charge is 0.250 e. The van der Waals surface area contributed by atoms with E-state index in [-0.39, 0.29) is 6.05 Å². The summed E-state index contributed by atoms with van der Waals surface area (Å²) >= 11 is 0. The highest BCUT2D eigenvalue weighted by Crippen LogP contribution is 1.82. The van der Waals surface area contributed by atoms with Crippen molar-refractivity contribution < 1.29 is 11.0 Å². The third-order valence-electron chi connectivity index (χ3n) is 0.571. The van der Waals surface area contributed by atoms with E-state index in [1.807, 2.05) is 5.32 Å². The SMILES string of the molecule is [2H]C1=CC(=O)NC1=O. The van der Waals surface area contributed by atoms with Crippen LogP contribution in [0.25, 0.3) is 0 Å². The van der Waals surface area contributed by atoms with Crippen molar-refractivity contribution in [1.82, 2.24) is 5.32 Å². The van der Waals surface area contributed by atoms with Gasteiger partial charge in [-0.1, -0.05) is 0 Å². The molecule has 0 aromatic rings. The van der Waals surface area contributed by atoms with Gasteiger partial charge in [-0.15, -0.1) is 0 Å². The predicted octanol–water partition coefficient (Wildman–Crippen LogP) is -0.801. The zero-order valence-electron chi connectivity index (χ0n) is 4.39. The van der Waals surface area contributed by atoms with Crippen molar-refractivity contribution in [3.05, 3.63) is 12.1 Å². The van der Waals surface area contributed by atoms with Gasteiger partial charge in [0.15, 0.2) is 0 Å². The fourth-order valence-electron chi connectivity index (χ4n) is 0.315. The molecule has 3 nitrogen and oxygen atoms in total. The van der Waals surface area contributed by atoms with E-state index >= 15 is 0 Å². The van der Waals surface area contributed by atoms with E-state index in [4.69, 9.17) is 1.37 Å². The van der Waals surface area contributed by atoms with Gasteiger partial charge in [-0.25, -0.2) is 0 Å². The fraction of sp³-hybridized carbons (Fsp3) is 0. The second-order valence-electron chi connectivity index (χ2n) is 1.11. The van der Waals surface area contributed by atoms with Crippen LogP contribution in [0.4, 0.5) is 0 Å². The zero-order valence-corrected chi connectivity index (χ0v) is 3.39. The van der Waals surface area contributed by atoms with Gasteiger partial charge in [-0.3, -0.25) is 14.9 Å². The molecule has 1 N–H and O–H groups in total. The summed E-state index contributed by atoms with van der Waals surface area (Å²) in [6.45, 7) is 0. The quantitative estimate of drug-likeness (QED) is 0.403. The van der Waals surface area contributed by atoms with Gasteiger partial charge in [-0.05, 0) is 0 Å². The fourth-order valence-corrected chi connectivity index (χ4v) is 0.315. The molecule has 0 aliphatic carbocycles. The molecule has 0 aromatic heterocycles. The molecule has 0 spiro atoms. The first-order valence-electron chi connectivity index (χ1n) is 2.24. The number of rotatable bonds is 0.